The standard InChI is InChI=1S/C19H17N3O4/c1-13(23)22(10-14-6-7-17-18(8-14)26-12-25-17)11-19(24)21-16-5-3-2-4-15(16)9-20/h2-8H,10-12H2,1H3,(H,21,24). The van der Waals surface area contributed by atoms with E-state index in [0.717, 1.165) is 5.56 Å². The van der Waals surface area contributed by atoms with E-state index in [4.69, 9.17) is 14.7 Å². The van der Waals surface area contributed by atoms with Gasteiger partial charge in [-0.1, -0.05) is 18.2 Å². The summed E-state index contributed by atoms with van der Waals surface area (Å²) in [5, 5.41) is 11.8. The molecule has 0 fully saturated rings. The van der Waals surface area contributed by atoms with Crippen LogP contribution in [0.4, 0.5) is 5.69 Å². The molecule has 2 aromatic carbocycles. The van der Waals surface area contributed by atoms with Crippen molar-refractivity contribution in [3.63, 3.8) is 0 Å². The number of ether oxygens (including phenoxy) is 2. The maximum atomic E-state index is 12.3. The summed E-state index contributed by atoms with van der Waals surface area (Å²) in [4.78, 5) is 25.7. The number of nitrogens with one attached hydrogen (secondary N) is 1. The Hall–Kier alpha value is -3.53. The van der Waals surface area contributed by atoms with Gasteiger partial charge in [-0.25, -0.2) is 0 Å². The van der Waals surface area contributed by atoms with Crippen molar-refractivity contribution in [2.24, 2.45) is 0 Å². The molecule has 0 spiro atoms. The average molecular weight is 351 g/mol. The van der Waals surface area contributed by atoms with E-state index >= 15 is 0 Å². The van der Waals surface area contributed by atoms with Crippen LogP contribution in [0.3, 0.4) is 0 Å². The van der Waals surface area contributed by atoms with E-state index in [-0.39, 0.29) is 31.7 Å². The number of hydrogen-bond donors (Lipinski definition) is 1. The zero-order chi connectivity index (χ0) is 18.5. The molecular weight excluding hydrogens is 334 g/mol. The van der Waals surface area contributed by atoms with Crippen molar-refractivity contribution in [3.05, 3.63) is 53.6 Å². The molecule has 132 valence electrons. The molecule has 7 heteroatoms. The number of rotatable bonds is 5. The van der Waals surface area contributed by atoms with Crippen molar-refractivity contribution >= 4 is 17.5 Å². The SMILES string of the molecule is CC(=O)N(CC(=O)Nc1ccccc1C#N)Cc1ccc2c(c1)OCO2. The molecule has 1 N–H and O–H groups in total. The molecule has 0 unspecified atom stereocenters. The summed E-state index contributed by atoms with van der Waals surface area (Å²) < 4.78 is 10.6. The number of carbonyl (C=O) groups excluding carboxylic acids is 2. The van der Waals surface area contributed by atoms with Crippen LogP contribution in [0, 0.1) is 11.3 Å². The molecule has 0 radical (unpaired) electrons. The number of nitrogens with zero attached hydrogens (tertiary/aromatic N) is 2. The molecule has 2 aromatic rings. The second-order valence-corrected chi connectivity index (χ2v) is 5.77. The van der Waals surface area contributed by atoms with Gasteiger partial charge >= 0.3 is 0 Å². The first-order valence-electron chi connectivity index (χ1n) is 8.00. The van der Waals surface area contributed by atoms with Crippen molar-refractivity contribution < 1.29 is 19.1 Å². The second kappa shape index (κ2) is 7.57. The monoisotopic (exact) mass is 351 g/mol. The third kappa shape index (κ3) is 3.92. The Balaban J connectivity index is 1.68. The molecule has 0 aromatic heterocycles. The summed E-state index contributed by atoms with van der Waals surface area (Å²) in [5.74, 6) is 0.683. The minimum atomic E-state index is -0.372. The van der Waals surface area contributed by atoms with Crippen LogP contribution >= 0.6 is 0 Å². The predicted octanol–water partition coefficient (Wildman–Crippen LogP) is 2.27. The van der Waals surface area contributed by atoms with Gasteiger partial charge < -0.3 is 19.7 Å². The third-order valence-corrected chi connectivity index (χ3v) is 3.91. The summed E-state index contributed by atoms with van der Waals surface area (Å²) in [5.41, 5.74) is 1.62. The number of fused-ring (bicyclic) bond motifs is 1. The summed E-state index contributed by atoms with van der Waals surface area (Å²) in [6.45, 7) is 1.72. The van der Waals surface area contributed by atoms with Gasteiger partial charge in [-0.05, 0) is 29.8 Å². The van der Waals surface area contributed by atoms with Crippen molar-refractivity contribution in [1.82, 2.24) is 4.90 Å². The number of nitriles is 1. The quantitative estimate of drug-likeness (QED) is 0.892. The van der Waals surface area contributed by atoms with Crippen molar-refractivity contribution in [2.75, 3.05) is 18.7 Å². The number of hydrogen-bond acceptors (Lipinski definition) is 5. The van der Waals surface area contributed by atoms with Crippen LogP contribution in [-0.2, 0) is 16.1 Å². The molecule has 0 atom stereocenters. The molecule has 0 saturated heterocycles. The lowest BCUT2D eigenvalue weighted by molar-refractivity contribution is -0.133. The van der Waals surface area contributed by atoms with Gasteiger partial charge in [0.2, 0.25) is 18.6 Å². The molecule has 26 heavy (non-hydrogen) atoms. The lowest BCUT2D eigenvalue weighted by atomic mass is 10.2. The van der Waals surface area contributed by atoms with Crippen LogP contribution in [0.25, 0.3) is 0 Å². The number of para-hydroxylation sites is 1. The van der Waals surface area contributed by atoms with E-state index in [2.05, 4.69) is 5.32 Å². The molecule has 1 aliphatic rings. The molecule has 0 bridgehead atoms. The maximum Gasteiger partial charge on any atom is 0.244 e. The van der Waals surface area contributed by atoms with Gasteiger partial charge in [-0.2, -0.15) is 5.26 Å². The zero-order valence-corrected chi connectivity index (χ0v) is 14.2. The highest BCUT2D eigenvalue weighted by Gasteiger charge is 2.18. The molecule has 1 aliphatic heterocycles. The van der Waals surface area contributed by atoms with E-state index < -0.39 is 0 Å². The van der Waals surface area contributed by atoms with Crippen molar-refractivity contribution in [1.29, 1.82) is 5.26 Å². The van der Waals surface area contributed by atoms with Crippen molar-refractivity contribution in [3.8, 4) is 17.6 Å². The highest BCUT2D eigenvalue weighted by Crippen LogP contribution is 2.32. The number of benzene rings is 2. The fraction of sp³-hybridized carbons (Fsp3) is 0.211. The molecule has 0 aliphatic carbocycles. The van der Waals surface area contributed by atoms with Gasteiger partial charge in [0, 0.05) is 13.5 Å². The Morgan fingerprint density at radius 2 is 1.96 bits per heavy atom. The Labute approximate surface area is 150 Å². The van der Waals surface area contributed by atoms with Crippen LogP contribution in [0.1, 0.15) is 18.1 Å². The molecule has 0 saturated carbocycles. The minimum Gasteiger partial charge on any atom is -0.454 e. The fourth-order valence-corrected chi connectivity index (χ4v) is 2.59. The van der Waals surface area contributed by atoms with Gasteiger partial charge in [0.05, 0.1) is 11.3 Å². The van der Waals surface area contributed by atoms with Crippen LogP contribution in [0.5, 0.6) is 11.5 Å². The Bertz CT molecular complexity index is 889. The van der Waals surface area contributed by atoms with E-state index in [0.29, 0.717) is 22.7 Å². The first-order valence-corrected chi connectivity index (χ1v) is 8.00. The molecule has 1 heterocycles. The third-order valence-electron chi connectivity index (χ3n) is 3.91. The van der Waals surface area contributed by atoms with Gasteiger partial charge in [-0.3, -0.25) is 9.59 Å². The van der Waals surface area contributed by atoms with Gasteiger partial charge in [0.25, 0.3) is 0 Å². The fourth-order valence-electron chi connectivity index (χ4n) is 2.59. The summed E-state index contributed by atoms with van der Waals surface area (Å²) in [6, 6.07) is 14.1. The number of amides is 2. The van der Waals surface area contributed by atoms with Crippen molar-refractivity contribution in [2.45, 2.75) is 13.5 Å². The second-order valence-electron chi connectivity index (χ2n) is 5.77. The molecule has 2 amide bonds. The summed E-state index contributed by atoms with van der Waals surface area (Å²) >= 11 is 0. The summed E-state index contributed by atoms with van der Waals surface area (Å²) in [7, 11) is 0. The first-order chi connectivity index (χ1) is 12.6. The molecule has 7 nitrogen and oxygen atoms in total. The Morgan fingerprint density at radius 1 is 1.19 bits per heavy atom. The smallest absolute Gasteiger partial charge is 0.244 e. The van der Waals surface area contributed by atoms with E-state index in [1.165, 1.54) is 11.8 Å². The van der Waals surface area contributed by atoms with Crippen LogP contribution in [0.15, 0.2) is 42.5 Å². The normalized spacial score (nSPS) is 11.5. The van der Waals surface area contributed by atoms with Crippen LogP contribution in [-0.4, -0.2) is 30.1 Å². The van der Waals surface area contributed by atoms with E-state index in [1.54, 1.807) is 36.4 Å². The van der Waals surface area contributed by atoms with Crippen LogP contribution < -0.4 is 14.8 Å². The highest BCUT2D eigenvalue weighted by atomic mass is 16.7. The van der Waals surface area contributed by atoms with Gasteiger partial charge in [-0.15, -0.1) is 0 Å². The predicted molar refractivity (Wildman–Crippen MR) is 93.4 cm³/mol. The van der Waals surface area contributed by atoms with E-state index in [9.17, 15) is 9.59 Å². The number of anilines is 1. The van der Waals surface area contributed by atoms with E-state index in [1.807, 2.05) is 12.1 Å². The minimum absolute atomic E-state index is 0.121. The van der Waals surface area contributed by atoms with Gasteiger partial charge in [0.1, 0.15) is 12.6 Å². The average Bonchev–Trinajstić information content (AvgIpc) is 3.09. The highest BCUT2D eigenvalue weighted by molar-refractivity contribution is 5.95. The molecule has 3 rings (SSSR count). The zero-order valence-electron chi connectivity index (χ0n) is 14.2. The first kappa shape index (κ1) is 17.3. The summed E-state index contributed by atoms with van der Waals surface area (Å²) in [6.07, 6.45) is 0. The van der Waals surface area contributed by atoms with Crippen LogP contribution in [0.2, 0.25) is 0 Å². The topological polar surface area (TPSA) is 91.7 Å². The Morgan fingerprint density at radius 3 is 2.73 bits per heavy atom. The lowest BCUT2D eigenvalue weighted by Gasteiger charge is -2.21. The molecular formula is C19H17N3O4. The largest absolute Gasteiger partial charge is 0.454 e. The maximum absolute atomic E-state index is 12.3. The number of carbonyl (C=O) groups is 2. The van der Waals surface area contributed by atoms with Gasteiger partial charge in [0.15, 0.2) is 11.5 Å². The Kier molecular flexibility index (Phi) is 5.04. The lowest BCUT2D eigenvalue weighted by Crippen LogP contribution is -2.36.